The zero-order chi connectivity index (χ0) is 13.3. The number of para-hydroxylation sites is 1. The maximum Gasteiger partial charge on any atom is 0.257 e. The molecule has 1 aromatic rings. The van der Waals surface area contributed by atoms with E-state index in [2.05, 4.69) is 0 Å². The summed E-state index contributed by atoms with van der Waals surface area (Å²) in [6.45, 7) is 4.72. The summed E-state index contributed by atoms with van der Waals surface area (Å²) >= 11 is 0. The minimum atomic E-state index is -0.477. The molecule has 0 radical (unpaired) electrons. The third kappa shape index (κ3) is 2.34. The van der Waals surface area contributed by atoms with E-state index in [9.17, 15) is 15.0 Å². The first-order valence-electron chi connectivity index (χ1n) is 6.26. The predicted octanol–water partition coefficient (Wildman–Crippen LogP) is 1.54. The van der Waals surface area contributed by atoms with Crippen molar-refractivity contribution in [3.63, 3.8) is 0 Å². The largest absolute Gasteiger partial charge is 0.507 e. The maximum absolute atomic E-state index is 12.3. The Bertz CT molecular complexity index is 458. The monoisotopic (exact) mass is 249 g/mol. The van der Waals surface area contributed by atoms with Gasteiger partial charge in [0.2, 0.25) is 0 Å². The lowest BCUT2D eigenvalue weighted by molar-refractivity contribution is 0.0247. The van der Waals surface area contributed by atoms with E-state index in [1.165, 1.54) is 0 Å². The third-order valence-corrected chi connectivity index (χ3v) is 3.67. The number of aliphatic hydroxyl groups excluding tert-OH is 1. The molecule has 2 rings (SSSR count). The van der Waals surface area contributed by atoms with Crippen LogP contribution in [-0.2, 0) is 0 Å². The zero-order valence-corrected chi connectivity index (χ0v) is 10.8. The average Bonchev–Trinajstić information content (AvgIpc) is 2.35. The molecule has 1 aliphatic rings. The van der Waals surface area contributed by atoms with Crippen molar-refractivity contribution in [3.8, 4) is 5.75 Å². The molecule has 18 heavy (non-hydrogen) atoms. The summed E-state index contributed by atoms with van der Waals surface area (Å²) in [7, 11) is 0. The fraction of sp³-hybridized carbons (Fsp3) is 0.500. The predicted molar refractivity (Wildman–Crippen MR) is 68.5 cm³/mol. The summed E-state index contributed by atoms with van der Waals surface area (Å²) in [4.78, 5) is 13.9. The fourth-order valence-corrected chi connectivity index (χ4v) is 2.24. The first-order valence-corrected chi connectivity index (χ1v) is 6.26. The second kappa shape index (κ2) is 4.98. The smallest absolute Gasteiger partial charge is 0.257 e. The van der Waals surface area contributed by atoms with Gasteiger partial charge in [0, 0.05) is 13.1 Å². The van der Waals surface area contributed by atoms with Gasteiger partial charge in [-0.15, -0.1) is 0 Å². The lowest BCUT2D eigenvalue weighted by Gasteiger charge is -2.34. The van der Waals surface area contributed by atoms with Gasteiger partial charge in [-0.3, -0.25) is 4.79 Å². The van der Waals surface area contributed by atoms with Crippen molar-refractivity contribution in [2.45, 2.75) is 26.4 Å². The summed E-state index contributed by atoms with van der Waals surface area (Å²) in [5.41, 5.74) is 1.00. The Morgan fingerprint density at radius 1 is 1.44 bits per heavy atom. The molecular weight excluding hydrogens is 230 g/mol. The summed E-state index contributed by atoms with van der Waals surface area (Å²) in [5, 5.41) is 19.7. The van der Waals surface area contributed by atoms with Gasteiger partial charge < -0.3 is 15.1 Å². The van der Waals surface area contributed by atoms with E-state index in [1.807, 2.05) is 6.92 Å². The number of nitrogens with zero attached hydrogens (tertiary/aromatic N) is 1. The normalized spacial score (nSPS) is 24.1. The molecule has 0 aliphatic carbocycles. The second-order valence-electron chi connectivity index (χ2n) is 5.06. The van der Waals surface area contributed by atoms with Crippen molar-refractivity contribution in [3.05, 3.63) is 29.3 Å². The Hall–Kier alpha value is -1.55. The number of benzene rings is 1. The number of β-amino-alcohol motifs (C(OH)–C–C–N with tert-alkyl or cyclic N) is 1. The number of carbonyl (C=O) groups is 1. The molecular formula is C14H19NO3. The van der Waals surface area contributed by atoms with Gasteiger partial charge in [0.05, 0.1) is 11.7 Å². The number of carbonyl (C=O) groups excluding carboxylic acids is 1. The molecule has 0 aromatic heterocycles. The van der Waals surface area contributed by atoms with E-state index in [-0.39, 0.29) is 17.6 Å². The number of hydrogen-bond acceptors (Lipinski definition) is 3. The Morgan fingerprint density at radius 2 is 2.17 bits per heavy atom. The summed E-state index contributed by atoms with van der Waals surface area (Å²) in [5.74, 6) is 0.0536. The highest BCUT2D eigenvalue weighted by Crippen LogP contribution is 2.25. The van der Waals surface area contributed by atoms with Gasteiger partial charge in [0.15, 0.2) is 0 Å². The number of likely N-dealkylation sites (tertiary alicyclic amines) is 1. The molecule has 2 N–H and O–H groups in total. The van der Waals surface area contributed by atoms with Crippen molar-refractivity contribution in [1.82, 2.24) is 4.90 Å². The number of hydrogen-bond donors (Lipinski definition) is 2. The summed E-state index contributed by atoms with van der Waals surface area (Å²) in [6, 6.07) is 5.14. The molecule has 1 saturated heterocycles. The van der Waals surface area contributed by atoms with Crippen molar-refractivity contribution in [1.29, 1.82) is 0 Å². The Balaban J connectivity index is 2.19. The number of phenols is 1. The number of aryl methyl sites for hydroxylation is 1. The number of piperidine rings is 1. The number of rotatable bonds is 1. The van der Waals surface area contributed by atoms with E-state index < -0.39 is 6.10 Å². The van der Waals surface area contributed by atoms with E-state index in [1.54, 1.807) is 30.0 Å². The number of aromatic hydroxyl groups is 1. The van der Waals surface area contributed by atoms with Crippen LogP contribution in [0.2, 0.25) is 0 Å². The summed E-state index contributed by atoms with van der Waals surface area (Å²) in [6.07, 6.45) is 0.314. The summed E-state index contributed by atoms with van der Waals surface area (Å²) < 4.78 is 0. The molecule has 0 saturated carbocycles. The lowest BCUT2D eigenvalue weighted by Crippen LogP contribution is -2.45. The highest BCUT2D eigenvalue weighted by Gasteiger charge is 2.28. The molecule has 98 valence electrons. The van der Waals surface area contributed by atoms with Gasteiger partial charge in [-0.1, -0.05) is 19.1 Å². The second-order valence-corrected chi connectivity index (χ2v) is 5.06. The molecule has 1 fully saturated rings. The van der Waals surface area contributed by atoms with Gasteiger partial charge in [-0.2, -0.15) is 0 Å². The number of amides is 1. The Labute approximate surface area is 107 Å². The standard InChI is InChI=1S/C14H19NO3/c1-9-6-7-15(8-12(9)16)14(18)11-5-3-4-10(2)13(11)17/h3-5,9,12,16-17H,6-8H2,1-2H3. The van der Waals surface area contributed by atoms with Crippen LogP contribution in [0.4, 0.5) is 0 Å². The molecule has 0 spiro atoms. The topological polar surface area (TPSA) is 60.8 Å². The quantitative estimate of drug-likeness (QED) is 0.793. The van der Waals surface area contributed by atoms with Crippen LogP contribution in [0.1, 0.15) is 29.3 Å². The lowest BCUT2D eigenvalue weighted by atomic mass is 9.95. The van der Waals surface area contributed by atoms with Crippen LogP contribution in [0.25, 0.3) is 0 Å². The molecule has 1 aromatic carbocycles. The van der Waals surface area contributed by atoms with Crippen LogP contribution in [0.5, 0.6) is 5.75 Å². The first kappa shape index (κ1) is 12.9. The number of phenolic OH excluding ortho intramolecular Hbond substituents is 1. The molecule has 0 bridgehead atoms. The minimum absolute atomic E-state index is 0.0376. The highest BCUT2D eigenvalue weighted by molar-refractivity contribution is 5.97. The van der Waals surface area contributed by atoms with Gasteiger partial charge in [0.25, 0.3) is 5.91 Å². The highest BCUT2D eigenvalue weighted by atomic mass is 16.3. The van der Waals surface area contributed by atoms with Crippen LogP contribution in [0.3, 0.4) is 0 Å². The fourth-order valence-electron chi connectivity index (χ4n) is 2.24. The van der Waals surface area contributed by atoms with Gasteiger partial charge in [-0.25, -0.2) is 0 Å². The SMILES string of the molecule is Cc1cccc(C(=O)N2CCC(C)C(O)C2)c1O. The van der Waals surface area contributed by atoms with Gasteiger partial charge >= 0.3 is 0 Å². The van der Waals surface area contributed by atoms with Crippen LogP contribution in [0, 0.1) is 12.8 Å². The Morgan fingerprint density at radius 3 is 2.83 bits per heavy atom. The van der Waals surface area contributed by atoms with Crippen molar-refractivity contribution < 1.29 is 15.0 Å². The first-order chi connectivity index (χ1) is 8.50. The molecule has 4 nitrogen and oxygen atoms in total. The van der Waals surface area contributed by atoms with Crippen molar-refractivity contribution >= 4 is 5.91 Å². The van der Waals surface area contributed by atoms with E-state index in [0.29, 0.717) is 24.2 Å². The van der Waals surface area contributed by atoms with E-state index in [4.69, 9.17) is 0 Å². The van der Waals surface area contributed by atoms with Crippen molar-refractivity contribution in [2.75, 3.05) is 13.1 Å². The molecule has 4 heteroatoms. The molecule has 1 amide bonds. The maximum atomic E-state index is 12.3. The molecule has 2 atom stereocenters. The van der Waals surface area contributed by atoms with Gasteiger partial charge in [-0.05, 0) is 30.9 Å². The van der Waals surface area contributed by atoms with Crippen LogP contribution >= 0.6 is 0 Å². The van der Waals surface area contributed by atoms with E-state index >= 15 is 0 Å². The number of aliphatic hydroxyl groups is 1. The minimum Gasteiger partial charge on any atom is -0.507 e. The van der Waals surface area contributed by atoms with Gasteiger partial charge in [0.1, 0.15) is 5.75 Å². The van der Waals surface area contributed by atoms with Crippen LogP contribution in [0.15, 0.2) is 18.2 Å². The van der Waals surface area contributed by atoms with Crippen LogP contribution < -0.4 is 0 Å². The van der Waals surface area contributed by atoms with Crippen molar-refractivity contribution in [2.24, 2.45) is 5.92 Å². The average molecular weight is 249 g/mol. The molecule has 1 heterocycles. The van der Waals surface area contributed by atoms with E-state index in [0.717, 1.165) is 6.42 Å². The molecule has 2 unspecified atom stereocenters. The molecule has 1 aliphatic heterocycles. The Kier molecular flexibility index (Phi) is 3.57. The zero-order valence-electron chi connectivity index (χ0n) is 10.8. The third-order valence-electron chi connectivity index (χ3n) is 3.67. The van der Waals surface area contributed by atoms with Crippen LogP contribution in [-0.4, -0.2) is 40.2 Å².